The Morgan fingerprint density at radius 3 is 2.54 bits per heavy atom. The molecule has 2 N–H and O–H groups in total. The topological polar surface area (TPSA) is 55.4 Å². The molecule has 2 rings (SSSR count). The van der Waals surface area contributed by atoms with E-state index in [1.54, 1.807) is 0 Å². The Morgan fingerprint density at radius 2 is 2.00 bits per heavy atom. The lowest BCUT2D eigenvalue weighted by molar-refractivity contribution is -0.111. The van der Waals surface area contributed by atoms with Gasteiger partial charge in [0.1, 0.15) is 6.04 Å². The fourth-order valence-electron chi connectivity index (χ4n) is 1.21. The van der Waals surface area contributed by atoms with Gasteiger partial charge in [0, 0.05) is 0 Å². The van der Waals surface area contributed by atoms with Crippen LogP contribution in [0.1, 0.15) is 11.6 Å². The van der Waals surface area contributed by atoms with Gasteiger partial charge in [0.25, 0.3) is 0 Å². The summed E-state index contributed by atoms with van der Waals surface area (Å²) in [6.07, 6.45) is 0. The fourth-order valence-corrected chi connectivity index (χ4v) is 1.88. The molecule has 1 aromatic rings. The van der Waals surface area contributed by atoms with Gasteiger partial charge in [-0.1, -0.05) is 30.3 Å². The van der Waals surface area contributed by atoms with Gasteiger partial charge in [-0.3, -0.25) is 4.79 Å². The molecule has 1 heterocycles. The number of carbonyl (C=O) groups is 1. The number of hydrogen-bond donors (Lipinski definition) is 1. The number of thioether (sulfide) groups is 1. The first-order valence-corrected chi connectivity index (χ1v) is 4.69. The van der Waals surface area contributed by atoms with Crippen LogP contribution < -0.4 is 5.73 Å². The maximum Gasteiger partial charge on any atom is 0.225 e. The third-order valence-electron chi connectivity index (χ3n) is 1.80. The van der Waals surface area contributed by atoms with Crippen molar-refractivity contribution in [3.05, 3.63) is 35.9 Å². The molecular weight excluding hydrogens is 184 g/mol. The molecule has 66 valence electrons. The molecule has 0 saturated carbocycles. The molecule has 13 heavy (non-hydrogen) atoms. The average molecular weight is 192 g/mol. The van der Waals surface area contributed by atoms with Crippen molar-refractivity contribution in [3.63, 3.8) is 0 Å². The minimum Gasteiger partial charge on any atom is -0.378 e. The molecule has 0 aromatic heterocycles. The van der Waals surface area contributed by atoms with Crippen molar-refractivity contribution in [1.29, 1.82) is 0 Å². The Kier molecular flexibility index (Phi) is 2.06. The number of carbonyl (C=O) groups excluding carboxylic acids is 1. The Morgan fingerprint density at radius 1 is 1.31 bits per heavy atom. The number of amidine groups is 1. The highest BCUT2D eigenvalue weighted by Crippen LogP contribution is 2.29. The first-order chi connectivity index (χ1) is 6.27. The molecule has 0 fully saturated rings. The van der Waals surface area contributed by atoms with Crippen LogP contribution in [0.4, 0.5) is 0 Å². The Balaban J connectivity index is 2.33. The second-order valence-electron chi connectivity index (χ2n) is 2.70. The van der Waals surface area contributed by atoms with Gasteiger partial charge >= 0.3 is 0 Å². The highest BCUT2D eigenvalue weighted by molar-refractivity contribution is 8.26. The van der Waals surface area contributed by atoms with Crippen LogP contribution in [0.3, 0.4) is 0 Å². The van der Waals surface area contributed by atoms with Crippen LogP contribution in [0.15, 0.2) is 35.3 Å². The normalized spacial score (nSPS) is 21.7. The van der Waals surface area contributed by atoms with Crippen molar-refractivity contribution in [2.24, 2.45) is 10.7 Å². The number of nitrogens with two attached hydrogens (primary N) is 1. The average Bonchev–Trinajstić information content (AvgIpc) is 2.47. The van der Waals surface area contributed by atoms with Crippen molar-refractivity contribution in [1.82, 2.24) is 0 Å². The van der Waals surface area contributed by atoms with Crippen LogP contribution in [0.5, 0.6) is 0 Å². The van der Waals surface area contributed by atoms with E-state index >= 15 is 0 Å². The van der Waals surface area contributed by atoms with Crippen LogP contribution in [0.2, 0.25) is 0 Å². The predicted octanol–water partition coefficient (Wildman–Crippen LogP) is 1.32. The summed E-state index contributed by atoms with van der Waals surface area (Å²) in [5.41, 5.74) is 6.35. The predicted molar refractivity (Wildman–Crippen MR) is 53.4 cm³/mol. The van der Waals surface area contributed by atoms with E-state index in [1.807, 2.05) is 30.3 Å². The summed E-state index contributed by atoms with van der Waals surface area (Å²) in [6, 6.07) is 9.04. The van der Waals surface area contributed by atoms with Crippen molar-refractivity contribution < 1.29 is 4.79 Å². The minimum absolute atomic E-state index is 0.00343. The van der Waals surface area contributed by atoms with E-state index in [9.17, 15) is 4.79 Å². The maximum absolute atomic E-state index is 11.4. The first kappa shape index (κ1) is 8.31. The van der Waals surface area contributed by atoms with Gasteiger partial charge in [-0.15, -0.1) is 0 Å². The van der Waals surface area contributed by atoms with E-state index in [2.05, 4.69) is 4.99 Å². The van der Waals surface area contributed by atoms with Crippen LogP contribution >= 0.6 is 11.8 Å². The van der Waals surface area contributed by atoms with Crippen LogP contribution in [-0.2, 0) is 4.79 Å². The van der Waals surface area contributed by atoms with Crippen molar-refractivity contribution in [2.45, 2.75) is 6.04 Å². The molecule has 0 amide bonds. The molecule has 1 aromatic carbocycles. The lowest BCUT2D eigenvalue weighted by Gasteiger charge is -2.02. The van der Waals surface area contributed by atoms with Gasteiger partial charge < -0.3 is 5.73 Å². The number of aliphatic imine (C=N–C) groups is 1. The fraction of sp³-hybridized carbons (Fsp3) is 0.111. The number of nitrogens with zero attached hydrogens (tertiary/aromatic N) is 1. The third-order valence-corrected chi connectivity index (χ3v) is 2.54. The molecule has 0 saturated heterocycles. The van der Waals surface area contributed by atoms with Crippen LogP contribution in [-0.4, -0.2) is 10.3 Å². The number of rotatable bonds is 1. The van der Waals surface area contributed by atoms with Gasteiger partial charge in [0.15, 0.2) is 5.17 Å². The zero-order valence-corrected chi connectivity index (χ0v) is 7.62. The summed E-state index contributed by atoms with van der Waals surface area (Å²) < 4.78 is 0. The quantitative estimate of drug-likeness (QED) is 0.730. The lowest BCUT2D eigenvalue weighted by atomic mass is 10.1. The van der Waals surface area contributed by atoms with Gasteiger partial charge in [-0.2, -0.15) is 0 Å². The van der Waals surface area contributed by atoms with E-state index in [0.717, 1.165) is 17.3 Å². The standard InChI is InChI=1S/C9H8N2OS/c10-9-11-7(8(12)13-9)6-4-2-1-3-5-6/h1-5,7H,(H2,10,11). The third kappa shape index (κ3) is 1.58. The first-order valence-electron chi connectivity index (χ1n) is 3.87. The molecule has 4 heteroatoms. The molecule has 0 bridgehead atoms. The van der Waals surface area contributed by atoms with Crippen molar-refractivity contribution >= 4 is 22.0 Å². The number of benzene rings is 1. The SMILES string of the molecule is NC1=NC(c2ccccc2)C(=O)S1. The lowest BCUT2D eigenvalue weighted by Crippen LogP contribution is -2.02. The molecule has 0 aliphatic carbocycles. The second kappa shape index (κ2) is 3.22. The summed E-state index contributed by atoms with van der Waals surface area (Å²) in [5, 5.41) is 0.363. The van der Waals surface area contributed by atoms with Gasteiger partial charge in [-0.05, 0) is 17.3 Å². The second-order valence-corrected chi connectivity index (χ2v) is 3.73. The molecule has 0 radical (unpaired) electrons. The van der Waals surface area contributed by atoms with Crippen LogP contribution in [0, 0.1) is 0 Å². The summed E-state index contributed by atoms with van der Waals surface area (Å²) >= 11 is 1.01. The Bertz CT molecular complexity index is 361. The summed E-state index contributed by atoms with van der Waals surface area (Å²) in [7, 11) is 0. The highest BCUT2D eigenvalue weighted by Gasteiger charge is 2.27. The molecule has 0 spiro atoms. The number of hydrogen-bond acceptors (Lipinski definition) is 4. The molecule has 1 aliphatic rings. The molecule has 1 aliphatic heterocycles. The largest absolute Gasteiger partial charge is 0.378 e. The van der Waals surface area contributed by atoms with E-state index in [1.165, 1.54) is 0 Å². The van der Waals surface area contributed by atoms with E-state index < -0.39 is 6.04 Å². The highest BCUT2D eigenvalue weighted by atomic mass is 32.2. The molecule has 3 nitrogen and oxygen atoms in total. The molecule has 1 atom stereocenters. The van der Waals surface area contributed by atoms with Gasteiger partial charge in [0.2, 0.25) is 5.12 Å². The van der Waals surface area contributed by atoms with E-state index in [-0.39, 0.29) is 5.12 Å². The zero-order chi connectivity index (χ0) is 9.26. The van der Waals surface area contributed by atoms with Gasteiger partial charge in [-0.25, -0.2) is 4.99 Å². The minimum atomic E-state index is -0.397. The van der Waals surface area contributed by atoms with E-state index in [0.29, 0.717) is 5.17 Å². The maximum atomic E-state index is 11.4. The smallest absolute Gasteiger partial charge is 0.225 e. The van der Waals surface area contributed by atoms with Gasteiger partial charge in [0.05, 0.1) is 0 Å². The summed E-state index contributed by atoms with van der Waals surface area (Å²) in [6.45, 7) is 0. The van der Waals surface area contributed by atoms with Crippen molar-refractivity contribution in [3.8, 4) is 0 Å². The Hall–Kier alpha value is -1.29. The summed E-state index contributed by atoms with van der Waals surface area (Å²) in [4.78, 5) is 15.4. The zero-order valence-electron chi connectivity index (χ0n) is 6.81. The Labute approximate surface area is 80.0 Å². The van der Waals surface area contributed by atoms with E-state index in [4.69, 9.17) is 5.73 Å². The van der Waals surface area contributed by atoms with Crippen molar-refractivity contribution in [2.75, 3.05) is 0 Å². The molecule has 1 unspecified atom stereocenters. The summed E-state index contributed by atoms with van der Waals surface area (Å²) in [5.74, 6) is 0. The van der Waals surface area contributed by atoms with Crippen LogP contribution in [0.25, 0.3) is 0 Å². The molecular formula is C9H8N2OS. The monoisotopic (exact) mass is 192 g/mol.